The molecule has 0 radical (unpaired) electrons. The van der Waals surface area contributed by atoms with E-state index in [0.717, 1.165) is 12.8 Å². The molecule has 0 saturated heterocycles. The number of rotatable bonds is 8. The van der Waals surface area contributed by atoms with E-state index in [2.05, 4.69) is 125 Å². The van der Waals surface area contributed by atoms with Crippen LogP contribution in [0.5, 0.6) is 0 Å². The molecular weight excluding hydrogens is 396 g/mol. The van der Waals surface area contributed by atoms with Gasteiger partial charge in [0, 0.05) is 11.8 Å². The van der Waals surface area contributed by atoms with Gasteiger partial charge in [0.2, 0.25) is 0 Å². The van der Waals surface area contributed by atoms with Crippen molar-refractivity contribution in [1.82, 2.24) is 0 Å². The Bertz CT molecular complexity index is 1010. The molecule has 0 aromatic heterocycles. The Labute approximate surface area is 200 Å². The van der Waals surface area contributed by atoms with E-state index in [4.69, 9.17) is 0 Å². The van der Waals surface area contributed by atoms with E-state index < -0.39 is 0 Å². The Morgan fingerprint density at radius 3 is 0.879 bits per heavy atom. The summed E-state index contributed by atoms with van der Waals surface area (Å²) in [5.41, 5.74) is 11.4. The van der Waals surface area contributed by atoms with Gasteiger partial charge in [0.25, 0.3) is 0 Å². The number of hydrogen-bond acceptors (Lipinski definition) is 0. The fourth-order valence-corrected chi connectivity index (χ4v) is 5.39. The average molecular weight is 433 g/mol. The number of aryl methyl sites for hydroxylation is 4. The Hall–Kier alpha value is -3.12. The predicted octanol–water partition coefficient (Wildman–Crippen LogP) is 9.05. The van der Waals surface area contributed by atoms with Crippen molar-refractivity contribution in [2.75, 3.05) is 0 Å². The van der Waals surface area contributed by atoms with Crippen LogP contribution in [0.15, 0.2) is 97.1 Å². The first-order valence-corrected chi connectivity index (χ1v) is 12.3. The highest BCUT2D eigenvalue weighted by atomic mass is 14.3. The Morgan fingerprint density at radius 2 is 0.636 bits per heavy atom. The zero-order chi connectivity index (χ0) is 23.2. The normalized spacial score (nSPS) is 11.3. The van der Waals surface area contributed by atoms with Crippen molar-refractivity contribution in [3.05, 3.63) is 142 Å². The van der Waals surface area contributed by atoms with Crippen LogP contribution >= 0.6 is 0 Å². The summed E-state index contributed by atoms with van der Waals surface area (Å²) >= 11 is 0. The molecule has 0 spiro atoms. The first kappa shape index (κ1) is 23.1. The van der Waals surface area contributed by atoms with Crippen molar-refractivity contribution in [2.24, 2.45) is 0 Å². The van der Waals surface area contributed by atoms with E-state index in [1.54, 1.807) is 0 Å². The van der Waals surface area contributed by atoms with Gasteiger partial charge in [-0.3, -0.25) is 0 Å². The monoisotopic (exact) mass is 432 g/mol. The maximum absolute atomic E-state index is 2.33. The lowest BCUT2D eigenvalue weighted by Crippen LogP contribution is -2.09. The second-order valence-electron chi connectivity index (χ2n) is 9.46. The molecular formula is C33H36. The van der Waals surface area contributed by atoms with Crippen LogP contribution in [-0.2, 0) is 0 Å². The third kappa shape index (κ3) is 5.28. The smallest absolute Gasteiger partial charge is 0.00945 e. The van der Waals surface area contributed by atoms with Crippen LogP contribution in [0.4, 0.5) is 0 Å². The quantitative estimate of drug-likeness (QED) is 0.260. The zero-order valence-corrected chi connectivity index (χ0v) is 20.5. The summed E-state index contributed by atoms with van der Waals surface area (Å²) in [5, 5.41) is 0. The van der Waals surface area contributed by atoms with Gasteiger partial charge in [0.15, 0.2) is 0 Å². The molecule has 0 fully saturated rings. The van der Waals surface area contributed by atoms with Gasteiger partial charge in [-0.2, -0.15) is 0 Å². The van der Waals surface area contributed by atoms with Gasteiger partial charge in [0.1, 0.15) is 0 Å². The summed E-state index contributed by atoms with van der Waals surface area (Å²) in [4.78, 5) is 0. The molecule has 0 unspecified atom stereocenters. The third-order valence-electron chi connectivity index (χ3n) is 7.24. The highest BCUT2D eigenvalue weighted by Gasteiger charge is 2.21. The summed E-state index contributed by atoms with van der Waals surface area (Å²) in [6, 6.07) is 35.7. The lowest BCUT2D eigenvalue weighted by molar-refractivity contribution is 0.586. The van der Waals surface area contributed by atoms with Crippen LogP contribution in [-0.4, -0.2) is 0 Å². The molecule has 0 heterocycles. The van der Waals surface area contributed by atoms with Crippen molar-refractivity contribution in [2.45, 2.75) is 58.8 Å². The standard InChI is InChI=1S/C33H36/c1-24-14-5-9-18-28(24)32(29-19-10-6-15-25(29)2)22-13-23-33(30-20-11-7-16-26(30)3)31-21-12-8-17-27(31)4/h5-12,14-21,32-33H,13,22-23H2,1-4H3. The summed E-state index contributed by atoms with van der Waals surface area (Å²) in [6.07, 6.45) is 3.49. The minimum atomic E-state index is 0.432. The lowest BCUT2D eigenvalue weighted by Gasteiger charge is -2.25. The highest BCUT2D eigenvalue weighted by molar-refractivity contribution is 5.42. The molecule has 4 aromatic carbocycles. The van der Waals surface area contributed by atoms with Crippen molar-refractivity contribution in [3.8, 4) is 0 Å². The Kier molecular flexibility index (Phi) is 7.45. The third-order valence-corrected chi connectivity index (χ3v) is 7.24. The van der Waals surface area contributed by atoms with Crippen LogP contribution in [0.25, 0.3) is 0 Å². The molecule has 168 valence electrons. The maximum atomic E-state index is 2.33. The largest absolute Gasteiger partial charge is 0.0620 e. The van der Waals surface area contributed by atoms with Gasteiger partial charge in [-0.25, -0.2) is 0 Å². The Morgan fingerprint density at radius 1 is 0.394 bits per heavy atom. The SMILES string of the molecule is Cc1ccccc1C(CCCC(c1ccccc1C)c1ccccc1C)c1ccccc1C. The minimum absolute atomic E-state index is 0.432. The van der Waals surface area contributed by atoms with E-state index in [-0.39, 0.29) is 0 Å². The summed E-state index contributed by atoms with van der Waals surface area (Å²) < 4.78 is 0. The molecule has 0 heteroatoms. The van der Waals surface area contributed by atoms with Crippen molar-refractivity contribution >= 4 is 0 Å². The van der Waals surface area contributed by atoms with Crippen LogP contribution in [0.1, 0.15) is 75.6 Å². The van der Waals surface area contributed by atoms with E-state index in [0.29, 0.717) is 11.8 Å². The van der Waals surface area contributed by atoms with Crippen molar-refractivity contribution in [1.29, 1.82) is 0 Å². The van der Waals surface area contributed by atoms with E-state index in [1.807, 2.05) is 0 Å². The van der Waals surface area contributed by atoms with Crippen LogP contribution in [0.2, 0.25) is 0 Å². The molecule has 0 aliphatic rings. The fraction of sp³-hybridized carbons (Fsp3) is 0.273. The van der Waals surface area contributed by atoms with E-state index >= 15 is 0 Å². The lowest BCUT2D eigenvalue weighted by atomic mass is 9.79. The molecule has 0 nitrogen and oxygen atoms in total. The topological polar surface area (TPSA) is 0 Å². The van der Waals surface area contributed by atoms with Crippen molar-refractivity contribution in [3.63, 3.8) is 0 Å². The Balaban J connectivity index is 1.64. The minimum Gasteiger partial charge on any atom is -0.0620 e. The molecule has 0 aliphatic carbocycles. The van der Waals surface area contributed by atoms with Gasteiger partial charge in [-0.1, -0.05) is 103 Å². The van der Waals surface area contributed by atoms with Gasteiger partial charge in [0.05, 0.1) is 0 Å². The molecule has 0 saturated carbocycles. The molecule has 0 bridgehead atoms. The van der Waals surface area contributed by atoms with Gasteiger partial charge in [-0.15, -0.1) is 0 Å². The maximum Gasteiger partial charge on any atom is 0.00945 e. The molecule has 0 N–H and O–H groups in total. The summed E-state index contributed by atoms with van der Waals surface area (Å²) in [5.74, 6) is 0.864. The van der Waals surface area contributed by atoms with Gasteiger partial charge < -0.3 is 0 Å². The zero-order valence-electron chi connectivity index (χ0n) is 20.5. The molecule has 4 rings (SSSR count). The first-order chi connectivity index (χ1) is 16.1. The van der Waals surface area contributed by atoms with Crippen LogP contribution in [0.3, 0.4) is 0 Å². The van der Waals surface area contributed by atoms with Gasteiger partial charge >= 0.3 is 0 Å². The van der Waals surface area contributed by atoms with Gasteiger partial charge in [-0.05, 0) is 85.0 Å². The molecule has 33 heavy (non-hydrogen) atoms. The fourth-order valence-electron chi connectivity index (χ4n) is 5.39. The molecule has 0 atom stereocenters. The predicted molar refractivity (Wildman–Crippen MR) is 142 cm³/mol. The van der Waals surface area contributed by atoms with E-state index in [9.17, 15) is 0 Å². The first-order valence-electron chi connectivity index (χ1n) is 12.3. The van der Waals surface area contributed by atoms with Crippen LogP contribution in [0, 0.1) is 27.7 Å². The molecule has 0 amide bonds. The highest BCUT2D eigenvalue weighted by Crippen LogP contribution is 2.38. The second kappa shape index (κ2) is 10.7. The van der Waals surface area contributed by atoms with Crippen LogP contribution < -0.4 is 0 Å². The molecule has 4 aromatic rings. The number of hydrogen-bond donors (Lipinski definition) is 0. The van der Waals surface area contributed by atoms with E-state index in [1.165, 1.54) is 50.9 Å². The average Bonchev–Trinajstić information content (AvgIpc) is 2.82. The summed E-state index contributed by atoms with van der Waals surface area (Å²) in [7, 11) is 0. The summed E-state index contributed by atoms with van der Waals surface area (Å²) in [6.45, 7) is 9.02. The van der Waals surface area contributed by atoms with Crippen molar-refractivity contribution < 1.29 is 0 Å². The number of benzene rings is 4. The molecule has 0 aliphatic heterocycles. The second-order valence-corrected chi connectivity index (χ2v) is 9.46.